The molecule has 2 amide bonds. The molecule has 11 heteroatoms. The van der Waals surface area contributed by atoms with Gasteiger partial charge in [0.2, 0.25) is 11.8 Å². The van der Waals surface area contributed by atoms with Crippen molar-refractivity contribution in [3.05, 3.63) is 33.8 Å². The van der Waals surface area contributed by atoms with Crippen molar-refractivity contribution in [1.29, 1.82) is 0 Å². The number of amides is 2. The van der Waals surface area contributed by atoms with Gasteiger partial charge < -0.3 is 25.2 Å². The van der Waals surface area contributed by atoms with E-state index in [1.807, 2.05) is 13.8 Å². The molecule has 0 radical (unpaired) electrons. The maximum absolute atomic E-state index is 13.3. The molecule has 0 aromatic carbocycles. The number of aromatic nitrogens is 3. The summed E-state index contributed by atoms with van der Waals surface area (Å²) in [5.41, 5.74) is -0.219. The molecule has 1 aliphatic carbocycles. The molecule has 11 nitrogen and oxygen atoms in total. The number of nitrogens with zero attached hydrogens (tertiary/aromatic N) is 4. The second kappa shape index (κ2) is 9.36. The zero-order chi connectivity index (χ0) is 23.7. The summed E-state index contributed by atoms with van der Waals surface area (Å²) in [6.45, 7) is 4.97. The minimum Gasteiger partial charge on any atom is -0.492 e. The predicted molar refractivity (Wildman–Crippen MR) is 119 cm³/mol. The average molecular weight is 460 g/mol. The Bertz CT molecular complexity index is 1150. The second-order valence-corrected chi connectivity index (χ2v) is 8.87. The van der Waals surface area contributed by atoms with Crippen molar-refractivity contribution in [3.8, 4) is 5.88 Å². The molecule has 1 unspecified atom stereocenters. The standard InChI is InChI=1S/C22H29N5O6/c1-13(2)10-26-20-14(3-6-17(29)25-7-8-33-12-16(25)11-28)9-23-27(20)22(32)18(21(26)31)19(30)24-15-4-5-15/h3,6,9,13,15-16,28,32H,4-5,7-8,10-12H2,1-2H3,(H,24,30). The van der Waals surface area contributed by atoms with E-state index in [1.165, 1.54) is 27.8 Å². The molecule has 0 bridgehead atoms. The van der Waals surface area contributed by atoms with Gasteiger partial charge in [0.05, 0.1) is 32.1 Å². The highest BCUT2D eigenvalue weighted by atomic mass is 16.5. The Morgan fingerprint density at radius 3 is 2.79 bits per heavy atom. The number of ether oxygens (including phenoxy) is 1. The van der Waals surface area contributed by atoms with Crippen LogP contribution in [0.4, 0.5) is 0 Å². The van der Waals surface area contributed by atoms with Crippen LogP contribution in [0, 0.1) is 5.92 Å². The van der Waals surface area contributed by atoms with Gasteiger partial charge in [0.25, 0.3) is 11.5 Å². The van der Waals surface area contributed by atoms with Gasteiger partial charge >= 0.3 is 0 Å². The second-order valence-electron chi connectivity index (χ2n) is 8.87. The number of rotatable bonds is 7. The van der Waals surface area contributed by atoms with Crippen LogP contribution in [0.3, 0.4) is 0 Å². The molecule has 3 N–H and O–H groups in total. The van der Waals surface area contributed by atoms with Crippen molar-refractivity contribution >= 4 is 23.5 Å². The molecule has 0 spiro atoms. The first-order valence-electron chi connectivity index (χ1n) is 11.1. The Morgan fingerprint density at radius 2 is 2.12 bits per heavy atom. The average Bonchev–Trinajstić information content (AvgIpc) is 3.50. The topological polar surface area (TPSA) is 138 Å². The van der Waals surface area contributed by atoms with Gasteiger partial charge in [-0.05, 0) is 24.8 Å². The highest BCUT2D eigenvalue weighted by molar-refractivity contribution is 5.97. The number of nitrogens with one attached hydrogen (secondary N) is 1. The third-order valence-corrected chi connectivity index (χ3v) is 5.72. The summed E-state index contributed by atoms with van der Waals surface area (Å²) >= 11 is 0. The number of carbonyl (C=O) groups excluding carboxylic acids is 2. The zero-order valence-electron chi connectivity index (χ0n) is 18.7. The van der Waals surface area contributed by atoms with E-state index in [0.717, 1.165) is 17.4 Å². The van der Waals surface area contributed by atoms with Gasteiger partial charge in [0, 0.05) is 30.8 Å². The molecule has 4 rings (SSSR count). The van der Waals surface area contributed by atoms with Crippen molar-refractivity contribution in [2.75, 3.05) is 26.4 Å². The number of aliphatic hydroxyl groups is 1. The van der Waals surface area contributed by atoms with Crippen molar-refractivity contribution in [1.82, 2.24) is 24.4 Å². The van der Waals surface area contributed by atoms with E-state index in [1.54, 1.807) is 0 Å². The number of fused-ring (bicyclic) bond motifs is 1. The SMILES string of the molecule is CC(C)Cn1c(=O)c(C(=O)NC2CC2)c(O)n2ncc(C=CC(=O)N3CCOCC3CO)c12. The van der Waals surface area contributed by atoms with Crippen LogP contribution < -0.4 is 10.9 Å². The van der Waals surface area contributed by atoms with Crippen LogP contribution in [-0.2, 0) is 16.1 Å². The van der Waals surface area contributed by atoms with E-state index in [-0.39, 0.29) is 36.6 Å². The highest BCUT2D eigenvalue weighted by Crippen LogP contribution is 2.23. The summed E-state index contributed by atoms with van der Waals surface area (Å²) < 4.78 is 7.87. The lowest BCUT2D eigenvalue weighted by Crippen LogP contribution is -2.49. The monoisotopic (exact) mass is 459 g/mol. The number of aromatic hydroxyl groups is 1. The maximum Gasteiger partial charge on any atom is 0.270 e. The van der Waals surface area contributed by atoms with Crippen LogP contribution in [0.1, 0.15) is 42.6 Å². The van der Waals surface area contributed by atoms with Gasteiger partial charge in [-0.2, -0.15) is 9.61 Å². The Kier molecular flexibility index (Phi) is 6.52. The smallest absolute Gasteiger partial charge is 0.270 e. The lowest BCUT2D eigenvalue weighted by molar-refractivity contribution is -0.136. The summed E-state index contributed by atoms with van der Waals surface area (Å²) in [7, 11) is 0. The largest absolute Gasteiger partial charge is 0.492 e. The quantitative estimate of drug-likeness (QED) is 0.495. The minimum atomic E-state index is -0.621. The van der Waals surface area contributed by atoms with Crippen LogP contribution >= 0.6 is 0 Å². The Morgan fingerprint density at radius 1 is 1.36 bits per heavy atom. The molecule has 1 saturated carbocycles. The molecule has 2 aromatic rings. The Balaban J connectivity index is 1.74. The summed E-state index contributed by atoms with van der Waals surface area (Å²) in [5, 5.41) is 27.2. The van der Waals surface area contributed by atoms with Crippen LogP contribution in [0.25, 0.3) is 11.7 Å². The zero-order valence-corrected chi connectivity index (χ0v) is 18.7. The van der Waals surface area contributed by atoms with Gasteiger partial charge in [-0.1, -0.05) is 13.8 Å². The number of carbonyl (C=O) groups is 2. The molecule has 2 aliphatic rings. The van der Waals surface area contributed by atoms with E-state index < -0.39 is 23.4 Å². The molecule has 2 fully saturated rings. The van der Waals surface area contributed by atoms with Gasteiger partial charge in [0.15, 0.2) is 5.56 Å². The third-order valence-electron chi connectivity index (χ3n) is 5.72. The Labute approximate surface area is 190 Å². The van der Waals surface area contributed by atoms with Gasteiger partial charge in [-0.15, -0.1) is 0 Å². The molecule has 33 heavy (non-hydrogen) atoms. The lowest BCUT2D eigenvalue weighted by Gasteiger charge is -2.33. The normalized spacial score (nSPS) is 19.0. The van der Waals surface area contributed by atoms with E-state index in [2.05, 4.69) is 10.4 Å². The summed E-state index contributed by atoms with van der Waals surface area (Å²) in [6, 6.07) is -0.397. The van der Waals surface area contributed by atoms with Crippen LogP contribution in [-0.4, -0.2) is 79.6 Å². The molecule has 3 heterocycles. The van der Waals surface area contributed by atoms with E-state index >= 15 is 0 Å². The van der Waals surface area contributed by atoms with Crippen LogP contribution in [0.15, 0.2) is 17.1 Å². The fourth-order valence-electron chi connectivity index (χ4n) is 3.90. The van der Waals surface area contributed by atoms with E-state index in [9.17, 15) is 24.6 Å². The third kappa shape index (κ3) is 4.64. The van der Waals surface area contributed by atoms with Crippen LogP contribution in [0.2, 0.25) is 0 Å². The van der Waals surface area contributed by atoms with E-state index in [4.69, 9.17) is 4.74 Å². The van der Waals surface area contributed by atoms with Crippen LogP contribution in [0.5, 0.6) is 5.88 Å². The number of hydrogen-bond acceptors (Lipinski definition) is 7. The minimum absolute atomic E-state index is 0.0237. The molecule has 1 saturated heterocycles. The molecule has 2 aromatic heterocycles. The number of aliphatic hydroxyl groups excluding tert-OH is 1. The summed E-state index contributed by atoms with van der Waals surface area (Å²) in [6.07, 6.45) is 5.99. The molecule has 1 atom stereocenters. The fourth-order valence-corrected chi connectivity index (χ4v) is 3.90. The van der Waals surface area contributed by atoms with Gasteiger partial charge in [-0.3, -0.25) is 19.0 Å². The fraction of sp³-hybridized carbons (Fsp3) is 0.545. The number of hydrogen-bond donors (Lipinski definition) is 3. The summed E-state index contributed by atoms with van der Waals surface area (Å²) in [5.74, 6) is -1.39. The first-order chi connectivity index (χ1) is 15.8. The maximum atomic E-state index is 13.3. The van der Waals surface area contributed by atoms with Crippen molar-refractivity contribution < 1.29 is 24.5 Å². The van der Waals surface area contributed by atoms with Crippen molar-refractivity contribution in [2.45, 2.75) is 45.3 Å². The molecular weight excluding hydrogens is 430 g/mol. The first-order valence-corrected chi connectivity index (χ1v) is 11.1. The molecule has 178 valence electrons. The Hall–Kier alpha value is -3.18. The highest BCUT2D eigenvalue weighted by Gasteiger charge is 2.30. The first kappa shape index (κ1) is 23.0. The lowest BCUT2D eigenvalue weighted by atomic mass is 10.2. The summed E-state index contributed by atoms with van der Waals surface area (Å²) in [4.78, 5) is 40.2. The molecule has 1 aliphatic heterocycles. The number of morpholine rings is 1. The van der Waals surface area contributed by atoms with Gasteiger partial charge in [0.1, 0.15) is 5.65 Å². The molecular formula is C22H29N5O6. The van der Waals surface area contributed by atoms with Crippen molar-refractivity contribution in [3.63, 3.8) is 0 Å². The van der Waals surface area contributed by atoms with E-state index in [0.29, 0.717) is 30.9 Å². The van der Waals surface area contributed by atoms with Crippen molar-refractivity contribution in [2.24, 2.45) is 5.92 Å². The van der Waals surface area contributed by atoms with Gasteiger partial charge in [-0.25, -0.2) is 0 Å². The predicted octanol–water partition coefficient (Wildman–Crippen LogP) is -0.0173.